The van der Waals surface area contributed by atoms with Gasteiger partial charge in [-0.2, -0.15) is 0 Å². The van der Waals surface area contributed by atoms with Gasteiger partial charge in [-0.05, 0) is 30.7 Å². The Morgan fingerprint density at radius 3 is 2.44 bits per heavy atom. The van der Waals surface area contributed by atoms with Crippen LogP contribution in [0.15, 0.2) is 30.3 Å². The van der Waals surface area contributed by atoms with Crippen molar-refractivity contribution in [3.8, 4) is 11.5 Å². The Labute approximate surface area is 196 Å². The average Bonchev–Trinajstić information content (AvgIpc) is 3.28. The number of aromatic nitrogens is 1. The van der Waals surface area contributed by atoms with Crippen molar-refractivity contribution in [1.29, 1.82) is 0 Å². The molecule has 32 heavy (non-hydrogen) atoms. The highest BCUT2D eigenvalue weighted by molar-refractivity contribution is 7.22. The molecule has 1 aliphatic rings. The number of aryl methyl sites for hydroxylation is 1. The standard InChI is InChI=1S/C23H27ClN4O3S/c1-15-4-5-19(24)21-20(15)26-23(32-21)28-10-8-27(9-11-28)7-6-25-22(29)16-12-17(30-2)14-18(13-16)31-3/h4-5,12-14H,6-11H2,1-3H3,(H,25,29). The topological polar surface area (TPSA) is 66.9 Å². The third-order valence-corrected chi connectivity index (χ3v) is 7.23. The van der Waals surface area contributed by atoms with Gasteiger partial charge in [0.1, 0.15) is 11.5 Å². The first-order valence-corrected chi connectivity index (χ1v) is 11.7. The van der Waals surface area contributed by atoms with E-state index in [1.165, 1.54) is 0 Å². The van der Waals surface area contributed by atoms with Gasteiger partial charge in [0.25, 0.3) is 5.91 Å². The number of nitrogens with zero attached hydrogens (tertiary/aromatic N) is 3. The lowest BCUT2D eigenvalue weighted by Gasteiger charge is -2.34. The maximum Gasteiger partial charge on any atom is 0.251 e. The molecule has 4 rings (SSSR count). The summed E-state index contributed by atoms with van der Waals surface area (Å²) in [5.74, 6) is 1.05. The lowest BCUT2D eigenvalue weighted by molar-refractivity contribution is 0.0947. The van der Waals surface area contributed by atoms with Crippen molar-refractivity contribution in [2.75, 3.05) is 58.4 Å². The van der Waals surface area contributed by atoms with Crippen LogP contribution in [-0.4, -0.2) is 69.3 Å². The van der Waals surface area contributed by atoms with Crippen LogP contribution in [0.4, 0.5) is 5.13 Å². The van der Waals surface area contributed by atoms with Crippen LogP contribution in [0, 0.1) is 6.92 Å². The highest BCUT2D eigenvalue weighted by Crippen LogP contribution is 2.35. The van der Waals surface area contributed by atoms with Crippen molar-refractivity contribution in [2.24, 2.45) is 0 Å². The second-order valence-electron chi connectivity index (χ2n) is 7.72. The number of fused-ring (bicyclic) bond motifs is 1. The molecule has 1 fully saturated rings. The lowest BCUT2D eigenvalue weighted by atomic mass is 10.2. The Morgan fingerprint density at radius 1 is 1.12 bits per heavy atom. The van der Waals surface area contributed by atoms with Crippen molar-refractivity contribution in [3.63, 3.8) is 0 Å². The number of piperazine rings is 1. The number of nitrogens with one attached hydrogen (secondary N) is 1. The summed E-state index contributed by atoms with van der Waals surface area (Å²) in [5.41, 5.74) is 2.67. The van der Waals surface area contributed by atoms with E-state index in [2.05, 4.69) is 22.0 Å². The van der Waals surface area contributed by atoms with Crippen molar-refractivity contribution in [3.05, 3.63) is 46.5 Å². The van der Waals surface area contributed by atoms with Crippen molar-refractivity contribution in [1.82, 2.24) is 15.2 Å². The number of hydrogen-bond donors (Lipinski definition) is 1. The first kappa shape index (κ1) is 22.6. The zero-order valence-electron chi connectivity index (χ0n) is 18.5. The van der Waals surface area contributed by atoms with Gasteiger partial charge in [0, 0.05) is 50.9 Å². The van der Waals surface area contributed by atoms with E-state index in [0.717, 1.165) is 58.7 Å². The monoisotopic (exact) mass is 474 g/mol. The molecule has 0 bridgehead atoms. The van der Waals surface area contributed by atoms with Gasteiger partial charge < -0.3 is 19.7 Å². The summed E-state index contributed by atoms with van der Waals surface area (Å²) in [6.07, 6.45) is 0. The summed E-state index contributed by atoms with van der Waals surface area (Å²) in [7, 11) is 3.14. The summed E-state index contributed by atoms with van der Waals surface area (Å²) in [5, 5.41) is 4.78. The van der Waals surface area contributed by atoms with Gasteiger partial charge in [-0.15, -0.1) is 0 Å². The number of halogens is 1. The summed E-state index contributed by atoms with van der Waals surface area (Å²) >= 11 is 8.02. The molecule has 3 aromatic rings. The summed E-state index contributed by atoms with van der Waals surface area (Å²) in [6.45, 7) is 7.09. The van der Waals surface area contributed by atoms with Crippen LogP contribution in [0.2, 0.25) is 5.02 Å². The summed E-state index contributed by atoms with van der Waals surface area (Å²) in [4.78, 5) is 22.0. The molecule has 2 heterocycles. The van der Waals surface area contributed by atoms with Crippen molar-refractivity contribution < 1.29 is 14.3 Å². The summed E-state index contributed by atoms with van der Waals surface area (Å²) < 4.78 is 11.5. The SMILES string of the molecule is COc1cc(OC)cc(C(=O)NCCN2CCN(c3nc4c(C)ccc(Cl)c4s3)CC2)c1. The highest BCUT2D eigenvalue weighted by atomic mass is 35.5. The van der Waals surface area contributed by atoms with E-state index >= 15 is 0 Å². The van der Waals surface area contributed by atoms with Gasteiger partial charge in [0.2, 0.25) is 0 Å². The Kier molecular flexibility index (Phi) is 7.03. The lowest BCUT2D eigenvalue weighted by Crippen LogP contribution is -2.48. The van der Waals surface area contributed by atoms with Gasteiger partial charge >= 0.3 is 0 Å². The molecule has 9 heteroatoms. The molecule has 0 radical (unpaired) electrons. The average molecular weight is 475 g/mol. The maximum atomic E-state index is 12.5. The molecule has 0 atom stereocenters. The van der Waals surface area contributed by atoms with E-state index < -0.39 is 0 Å². The second kappa shape index (κ2) is 9.94. The molecule has 1 amide bonds. The van der Waals surface area contributed by atoms with Crippen LogP contribution in [0.25, 0.3) is 10.2 Å². The minimum absolute atomic E-state index is 0.137. The van der Waals surface area contributed by atoms with Crippen LogP contribution < -0.4 is 19.7 Å². The van der Waals surface area contributed by atoms with Crippen LogP contribution in [0.3, 0.4) is 0 Å². The molecule has 1 N–H and O–H groups in total. The van der Waals surface area contributed by atoms with E-state index in [9.17, 15) is 4.79 Å². The second-order valence-corrected chi connectivity index (χ2v) is 9.11. The smallest absolute Gasteiger partial charge is 0.251 e. The molecule has 0 spiro atoms. The first-order valence-electron chi connectivity index (χ1n) is 10.5. The number of methoxy groups -OCH3 is 2. The largest absolute Gasteiger partial charge is 0.497 e. The van der Waals surface area contributed by atoms with Crippen molar-refractivity contribution in [2.45, 2.75) is 6.92 Å². The quantitative estimate of drug-likeness (QED) is 0.561. The fourth-order valence-corrected chi connectivity index (χ4v) is 5.13. The van der Waals surface area contributed by atoms with Gasteiger partial charge in [-0.3, -0.25) is 9.69 Å². The fraction of sp³-hybridized carbons (Fsp3) is 0.391. The molecule has 7 nitrogen and oxygen atoms in total. The van der Waals surface area contributed by atoms with Crippen LogP contribution in [0.5, 0.6) is 11.5 Å². The minimum Gasteiger partial charge on any atom is -0.497 e. The number of amides is 1. The third-order valence-electron chi connectivity index (χ3n) is 5.66. The molecule has 1 aliphatic heterocycles. The predicted octanol–water partition coefficient (Wildman–Crippen LogP) is 3.83. The number of ether oxygens (including phenoxy) is 2. The molecule has 1 aromatic heterocycles. The van der Waals surface area contributed by atoms with E-state index in [4.69, 9.17) is 26.1 Å². The third kappa shape index (κ3) is 4.92. The summed E-state index contributed by atoms with van der Waals surface area (Å²) in [6, 6.07) is 9.12. The molecular formula is C23H27ClN4O3S. The molecule has 170 valence electrons. The number of benzene rings is 2. The molecular weight excluding hydrogens is 448 g/mol. The highest BCUT2D eigenvalue weighted by Gasteiger charge is 2.21. The zero-order valence-corrected chi connectivity index (χ0v) is 20.1. The Hall–Kier alpha value is -2.55. The number of thiazole rings is 1. The number of hydrogen-bond acceptors (Lipinski definition) is 7. The van der Waals surface area contributed by atoms with Crippen LogP contribution in [0.1, 0.15) is 15.9 Å². The Bertz CT molecular complexity index is 1050. The number of carbonyl (C=O) groups excluding carboxylic acids is 1. The normalized spacial score (nSPS) is 14.6. The number of anilines is 1. The molecule has 1 saturated heterocycles. The van der Waals surface area contributed by atoms with Gasteiger partial charge in [0.05, 0.1) is 29.5 Å². The van der Waals surface area contributed by atoms with Crippen LogP contribution in [-0.2, 0) is 0 Å². The van der Waals surface area contributed by atoms with Crippen LogP contribution >= 0.6 is 22.9 Å². The van der Waals surface area contributed by atoms with E-state index in [1.807, 2.05) is 12.1 Å². The molecule has 0 saturated carbocycles. The van der Waals surface area contributed by atoms with E-state index in [0.29, 0.717) is 23.6 Å². The number of carbonyl (C=O) groups is 1. The maximum absolute atomic E-state index is 12.5. The molecule has 0 aliphatic carbocycles. The molecule has 2 aromatic carbocycles. The first-order chi connectivity index (χ1) is 15.5. The minimum atomic E-state index is -0.137. The van der Waals surface area contributed by atoms with Crippen molar-refractivity contribution >= 4 is 44.2 Å². The Morgan fingerprint density at radius 2 is 1.81 bits per heavy atom. The predicted molar refractivity (Wildman–Crippen MR) is 130 cm³/mol. The number of rotatable bonds is 7. The zero-order chi connectivity index (χ0) is 22.7. The van der Waals surface area contributed by atoms with Gasteiger partial charge in [-0.1, -0.05) is 29.0 Å². The van der Waals surface area contributed by atoms with E-state index in [-0.39, 0.29) is 5.91 Å². The van der Waals surface area contributed by atoms with Gasteiger partial charge in [-0.25, -0.2) is 4.98 Å². The van der Waals surface area contributed by atoms with Gasteiger partial charge in [0.15, 0.2) is 5.13 Å². The molecule has 0 unspecified atom stereocenters. The van der Waals surface area contributed by atoms with E-state index in [1.54, 1.807) is 43.8 Å². The Balaban J connectivity index is 1.28. The fourth-order valence-electron chi connectivity index (χ4n) is 3.76.